The Kier molecular flexibility index (Phi) is 8.53. The molecule has 7 nitrogen and oxygen atoms in total. The van der Waals surface area contributed by atoms with E-state index in [9.17, 15) is 0 Å². The van der Waals surface area contributed by atoms with Crippen molar-refractivity contribution in [3.63, 3.8) is 0 Å². The van der Waals surface area contributed by atoms with Crippen LogP contribution in [0, 0.1) is 0 Å². The summed E-state index contributed by atoms with van der Waals surface area (Å²) < 4.78 is 7.57. The maximum absolute atomic E-state index is 5.23. The molecule has 1 aliphatic rings. The Labute approximate surface area is 180 Å². The van der Waals surface area contributed by atoms with Crippen molar-refractivity contribution in [1.29, 1.82) is 0 Å². The maximum Gasteiger partial charge on any atom is 0.190 e. The molecule has 3 rings (SSSR count). The summed E-state index contributed by atoms with van der Waals surface area (Å²) in [5.41, 5.74) is 1.33. The van der Waals surface area contributed by atoms with E-state index in [4.69, 9.17) is 4.74 Å². The van der Waals surface area contributed by atoms with Crippen LogP contribution in [-0.2, 0) is 19.4 Å². The first-order valence-electron chi connectivity index (χ1n) is 11.2. The molecular weight excluding hydrogens is 376 g/mol. The van der Waals surface area contributed by atoms with Crippen LogP contribution in [0.3, 0.4) is 0 Å². The van der Waals surface area contributed by atoms with Crippen molar-refractivity contribution in [2.45, 2.75) is 64.3 Å². The molecule has 0 saturated heterocycles. The number of ether oxygens (including phenoxy) is 1. The number of guanidine groups is 1. The Bertz CT molecular complexity index is 799. The Morgan fingerprint density at radius 2 is 1.93 bits per heavy atom. The molecular formula is C23H36N6O. The van der Waals surface area contributed by atoms with E-state index in [2.05, 4.69) is 49.4 Å². The third kappa shape index (κ3) is 6.21. The molecule has 0 aliphatic carbocycles. The van der Waals surface area contributed by atoms with E-state index in [0.29, 0.717) is 5.92 Å². The van der Waals surface area contributed by atoms with Gasteiger partial charge in [0.05, 0.1) is 7.11 Å². The molecule has 0 spiro atoms. The van der Waals surface area contributed by atoms with Crippen LogP contribution in [0.1, 0.15) is 62.2 Å². The molecule has 2 N–H and O–H groups in total. The van der Waals surface area contributed by atoms with Crippen LogP contribution in [0.5, 0.6) is 5.75 Å². The minimum atomic E-state index is 0.477. The largest absolute Gasteiger partial charge is 0.497 e. The van der Waals surface area contributed by atoms with Gasteiger partial charge >= 0.3 is 0 Å². The lowest BCUT2D eigenvalue weighted by molar-refractivity contribution is 0.414. The first-order chi connectivity index (χ1) is 14.7. The summed E-state index contributed by atoms with van der Waals surface area (Å²) >= 11 is 0. The maximum atomic E-state index is 5.23. The lowest BCUT2D eigenvalue weighted by Crippen LogP contribution is -2.38. The SMILES string of the molecule is CN=C(NCCCc1nnc2n1CCCCC2)NCCC(C)c1ccc(OC)cc1. The van der Waals surface area contributed by atoms with Crippen molar-refractivity contribution in [2.24, 2.45) is 4.99 Å². The summed E-state index contributed by atoms with van der Waals surface area (Å²) in [6, 6.07) is 8.32. The zero-order valence-electron chi connectivity index (χ0n) is 18.7. The summed E-state index contributed by atoms with van der Waals surface area (Å²) in [5, 5.41) is 15.6. The number of aromatic nitrogens is 3. The number of methoxy groups -OCH3 is 1. The van der Waals surface area contributed by atoms with Gasteiger partial charge in [0, 0.05) is 39.5 Å². The summed E-state index contributed by atoms with van der Waals surface area (Å²) in [6.07, 6.45) is 7.84. The zero-order chi connectivity index (χ0) is 21.2. The molecule has 0 amide bonds. The van der Waals surface area contributed by atoms with Gasteiger partial charge in [0.2, 0.25) is 0 Å². The van der Waals surface area contributed by atoms with Crippen molar-refractivity contribution >= 4 is 5.96 Å². The highest BCUT2D eigenvalue weighted by atomic mass is 16.5. The highest BCUT2D eigenvalue weighted by Crippen LogP contribution is 2.21. The number of hydrogen-bond donors (Lipinski definition) is 2. The Morgan fingerprint density at radius 1 is 1.13 bits per heavy atom. The number of nitrogens with one attached hydrogen (secondary N) is 2. The van der Waals surface area contributed by atoms with Crippen LogP contribution < -0.4 is 15.4 Å². The molecule has 1 atom stereocenters. The number of aliphatic imine (C=N–C) groups is 1. The zero-order valence-corrected chi connectivity index (χ0v) is 18.7. The van der Waals surface area contributed by atoms with E-state index in [1.54, 1.807) is 7.11 Å². The molecule has 30 heavy (non-hydrogen) atoms. The van der Waals surface area contributed by atoms with E-state index in [0.717, 1.165) is 62.9 Å². The van der Waals surface area contributed by atoms with Gasteiger partial charge in [-0.15, -0.1) is 10.2 Å². The van der Waals surface area contributed by atoms with Crippen LogP contribution in [0.15, 0.2) is 29.3 Å². The van der Waals surface area contributed by atoms with E-state index in [1.807, 2.05) is 19.2 Å². The van der Waals surface area contributed by atoms with Gasteiger partial charge in [0.1, 0.15) is 17.4 Å². The number of rotatable bonds is 9. The van der Waals surface area contributed by atoms with Gasteiger partial charge in [-0.1, -0.05) is 25.5 Å². The van der Waals surface area contributed by atoms with Crippen LogP contribution in [0.4, 0.5) is 0 Å². The van der Waals surface area contributed by atoms with Crippen molar-refractivity contribution in [1.82, 2.24) is 25.4 Å². The average molecular weight is 413 g/mol. The van der Waals surface area contributed by atoms with Gasteiger partial charge in [-0.05, 0) is 49.3 Å². The Balaban J connectivity index is 1.35. The molecule has 2 aromatic rings. The fraction of sp³-hybridized carbons (Fsp3) is 0.609. The topological polar surface area (TPSA) is 76.4 Å². The first kappa shape index (κ1) is 22.1. The minimum absolute atomic E-state index is 0.477. The quantitative estimate of drug-likeness (QED) is 0.375. The average Bonchev–Trinajstić information content (AvgIpc) is 3.01. The molecule has 0 radical (unpaired) electrons. The van der Waals surface area contributed by atoms with Gasteiger partial charge in [-0.3, -0.25) is 4.99 Å². The normalized spacial score (nSPS) is 15.2. The van der Waals surface area contributed by atoms with E-state index < -0.39 is 0 Å². The Hall–Kier alpha value is -2.57. The summed E-state index contributed by atoms with van der Waals surface area (Å²) in [6.45, 7) is 5.07. The molecule has 164 valence electrons. The molecule has 1 aromatic heterocycles. The molecule has 0 bridgehead atoms. The molecule has 0 saturated carbocycles. The second-order valence-corrected chi connectivity index (χ2v) is 7.99. The monoisotopic (exact) mass is 412 g/mol. The van der Waals surface area contributed by atoms with Gasteiger partial charge in [0.25, 0.3) is 0 Å². The predicted molar refractivity (Wildman–Crippen MR) is 121 cm³/mol. The van der Waals surface area contributed by atoms with Gasteiger partial charge in [-0.2, -0.15) is 0 Å². The lowest BCUT2D eigenvalue weighted by atomic mass is 9.98. The van der Waals surface area contributed by atoms with Gasteiger partial charge in [0.15, 0.2) is 5.96 Å². The van der Waals surface area contributed by atoms with E-state index in [-0.39, 0.29) is 0 Å². The highest BCUT2D eigenvalue weighted by molar-refractivity contribution is 5.79. The standard InChI is InChI=1S/C23H36N6O/c1-18(19-10-12-20(30-3)13-11-19)14-16-26-23(24-2)25-15-7-9-22-28-27-21-8-5-4-6-17-29(21)22/h10-13,18H,4-9,14-17H2,1-3H3,(H2,24,25,26). The molecule has 1 unspecified atom stereocenters. The fourth-order valence-electron chi connectivity index (χ4n) is 3.91. The van der Waals surface area contributed by atoms with Crippen molar-refractivity contribution < 1.29 is 4.74 Å². The number of hydrogen-bond acceptors (Lipinski definition) is 4. The third-order valence-electron chi connectivity index (χ3n) is 5.83. The number of aryl methyl sites for hydroxylation is 2. The summed E-state index contributed by atoms with van der Waals surface area (Å²) in [5.74, 6) is 4.53. The van der Waals surface area contributed by atoms with E-state index in [1.165, 1.54) is 30.7 Å². The highest BCUT2D eigenvalue weighted by Gasteiger charge is 2.14. The van der Waals surface area contributed by atoms with Crippen molar-refractivity contribution in [3.8, 4) is 5.75 Å². The van der Waals surface area contributed by atoms with Crippen LogP contribution >= 0.6 is 0 Å². The molecule has 1 aromatic carbocycles. The first-order valence-corrected chi connectivity index (χ1v) is 11.2. The molecule has 7 heteroatoms. The predicted octanol–water partition coefficient (Wildman–Crippen LogP) is 3.30. The lowest BCUT2D eigenvalue weighted by Gasteiger charge is -2.15. The van der Waals surface area contributed by atoms with Crippen LogP contribution in [0.25, 0.3) is 0 Å². The molecule has 0 fully saturated rings. The van der Waals surface area contributed by atoms with Crippen LogP contribution in [-0.4, -0.2) is 48.0 Å². The van der Waals surface area contributed by atoms with Gasteiger partial charge in [-0.25, -0.2) is 0 Å². The third-order valence-corrected chi connectivity index (χ3v) is 5.83. The second kappa shape index (κ2) is 11.6. The van der Waals surface area contributed by atoms with E-state index >= 15 is 0 Å². The van der Waals surface area contributed by atoms with Gasteiger partial charge < -0.3 is 19.9 Å². The van der Waals surface area contributed by atoms with Crippen LogP contribution in [0.2, 0.25) is 0 Å². The summed E-state index contributed by atoms with van der Waals surface area (Å²) in [7, 11) is 3.52. The summed E-state index contributed by atoms with van der Waals surface area (Å²) in [4.78, 5) is 4.34. The van der Waals surface area contributed by atoms with Crippen molar-refractivity contribution in [3.05, 3.63) is 41.5 Å². The number of nitrogens with zero attached hydrogens (tertiary/aromatic N) is 4. The fourth-order valence-corrected chi connectivity index (χ4v) is 3.91. The second-order valence-electron chi connectivity index (χ2n) is 7.99. The number of benzene rings is 1. The molecule has 2 heterocycles. The van der Waals surface area contributed by atoms with Crippen molar-refractivity contribution in [2.75, 3.05) is 27.2 Å². The number of fused-ring (bicyclic) bond motifs is 1. The molecule has 1 aliphatic heterocycles. The Morgan fingerprint density at radius 3 is 2.70 bits per heavy atom. The smallest absolute Gasteiger partial charge is 0.190 e. The minimum Gasteiger partial charge on any atom is -0.497 e.